The first-order chi connectivity index (χ1) is 13.3. The highest BCUT2D eigenvalue weighted by molar-refractivity contribution is 5.19. The lowest BCUT2D eigenvalue weighted by atomic mass is 9.82. The fraction of sp³-hybridized carbons (Fsp3) is 0.760. The Bertz CT molecular complexity index is 484. The average Bonchev–Trinajstić information content (AvgIpc) is 2.74. The Morgan fingerprint density at radius 1 is 0.741 bits per heavy atom. The minimum absolute atomic E-state index is 0.498. The molecule has 0 heterocycles. The van der Waals surface area contributed by atoms with Gasteiger partial charge in [0, 0.05) is 13.2 Å². The van der Waals surface area contributed by atoms with Gasteiger partial charge in [0.2, 0.25) is 0 Å². The summed E-state index contributed by atoms with van der Waals surface area (Å²) in [6, 6.07) is 11.0. The predicted octanol–water partition coefficient (Wildman–Crippen LogP) is 6.89. The third-order valence-corrected chi connectivity index (χ3v) is 6.66. The van der Waals surface area contributed by atoms with E-state index in [1.807, 2.05) is 0 Å². The SMILES string of the molecule is CCCCCCO[C@H]1CC[C@H](CO[C@H]2CC[C@H](c3ccccc3)CC2)CC1. The van der Waals surface area contributed by atoms with Crippen LogP contribution in [0, 0.1) is 5.92 Å². The Labute approximate surface area is 167 Å². The molecule has 1 aromatic rings. The first-order valence-corrected chi connectivity index (χ1v) is 11.6. The van der Waals surface area contributed by atoms with Crippen molar-refractivity contribution in [2.75, 3.05) is 13.2 Å². The number of benzene rings is 1. The van der Waals surface area contributed by atoms with E-state index in [4.69, 9.17) is 9.47 Å². The van der Waals surface area contributed by atoms with Gasteiger partial charge in [-0.15, -0.1) is 0 Å². The maximum atomic E-state index is 6.33. The topological polar surface area (TPSA) is 18.5 Å². The Morgan fingerprint density at radius 2 is 1.41 bits per heavy atom. The second-order valence-electron chi connectivity index (χ2n) is 8.79. The fourth-order valence-corrected chi connectivity index (χ4v) is 4.80. The van der Waals surface area contributed by atoms with Crippen molar-refractivity contribution in [2.24, 2.45) is 5.92 Å². The van der Waals surface area contributed by atoms with Crippen LogP contribution in [0.2, 0.25) is 0 Å². The molecule has 2 saturated carbocycles. The third-order valence-electron chi connectivity index (χ3n) is 6.66. The number of ether oxygens (including phenoxy) is 2. The summed E-state index contributed by atoms with van der Waals surface area (Å²) in [4.78, 5) is 0. The van der Waals surface area contributed by atoms with Gasteiger partial charge in [-0.3, -0.25) is 0 Å². The first-order valence-electron chi connectivity index (χ1n) is 11.6. The van der Waals surface area contributed by atoms with E-state index in [0.29, 0.717) is 12.2 Å². The lowest BCUT2D eigenvalue weighted by molar-refractivity contribution is -0.0257. The summed E-state index contributed by atoms with van der Waals surface area (Å²) >= 11 is 0. The normalized spacial score (nSPS) is 28.9. The Hall–Kier alpha value is -0.860. The highest BCUT2D eigenvalue weighted by Crippen LogP contribution is 2.35. The van der Waals surface area contributed by atoms with Crippen LogP contribution in [0.5, 0.6) is 0 Å². The fourth-order valence-electron chi connectivity index (χ4n) is 4.80. The van der Waals surface area contributed by atoms with Crippen molar-refractivity contribution in [1.82, 2.24) is 0 Å². The molecule has 2 aliphatic rings. The molecule has 0 spiro atoms. The van der Waals surface area contributed by atoms with E-state index < -0.39 is 0 Å². The van der Waals surface area contributed by atoms with Gasteiger partial charge in [0.25, 0.3) is 0 Å². The molecule has 2 nitrogen and oxygen atoms in total. The van der Waals surface area contributed by atoms with Crippen LogP contribution in [-0.2, 0) is 9.47 Å². The van der Waals surface area contributed by atoms with Gasteiger partial charge in [0.05, 0.1) is 12.2 Å². The highest BCUT2D eigenvalue weighted by Gasteiger charge is 2.25. The van der Waals surface area contributed by atoms with Crippen LogP contribution in [0.15, 0.2) is 30.3 Å². The molecule has 0 saturated heterocycles. The van der Waals surface area contributed by atoms with Gasteiger partial charge in [-0.05, 0) is 75.2 Å². The molecule has 0 unspecified atom stereocenters. The second-order valence-corrected chi connectivity index (χ2v) is 8.79. The molecule has 0 amide bonds. The van der Waals surface area contributed by atoms with E-state index >= 15 is 0 Å². The van der Waals surface area contributed by atoms with E-state index in [9.17, 15) is 0 Å². The molecule has 0 radical (unpaired) electrons. The molecular formula is C25H40O2. The lowest BCUT2D eigenvalue weighted by Crippen LogP contribution is -2.27. The zero-order valence-corrected chi connectivity index (χ0v) is 17.4. The average molecular weight is 373 g/mol. The highest BCUT2D eigenvalue weighted by atomic mass is 16.5. The molecule has 0 atom stereocenters. The summed E-state index contributed by atoms with van der Waals surface area (Å²) in [5.41, 5.74) is 1.52. The first kappa shape index (κ1) is 20.9. The zero-order valence-electron chi connectivity index (χ0n) is 17.4. The molecule has 3 rings (SSSR count). The molecule has 2 heteroatoms. The van der Waals surface area contributed by atoms with Crippen LogP contribution in [0.4, 0.5) is 0 Å². The molecule has 0 bridgehead atoms. The van der Waals surface area contributed by atoms with Crippen molar-refractivity contribution in [3.8, 4) is 0 Å². The molecular weight excluding hydrogens is 332 g/mol. The van der Waals surface area contributed by atoms with Gasteiger partial charge in [0.1, 0.15) is 0 Å². The van der Waals surface area contributed by atoms with Crippen LogP contribution in [0.3, 0.4) is 0 Å². The largest absolute Gasteiger partial charge is 0.378 e. The van der Waals surface area contributed by atoms with Crippen molar-refractivity contribution < 1.29 is 9.47 Å². The summed E-state index contributed by atoms with van der Waals surface area (Å²) in [6.45, 7) is 4.21. The van der Waals surface area contributed by atoms with Gasteiger partial charge in [-0.2, -0.15) is 0 Å². The quantitative estimate of drug-likeness (QED) is 0.416. The van der Waals surface area contributed by atoms with E-state index in [-0.39, 0.29) is 0 Å². The monoisotopic (exact) mass is 372 g/mol. The summed E-state index contributed by atoms with van der Waals surface area (Å²) in [6.07, 6.45) is 16.3. The van der Waals surface area contributed by atoms with Crippen molar-refractivity contribution in [3.63, 3.8) is 0 Å². The summed E-state index contributed by atoms with van der Waals surface area (Å²) in [7, 11) is 0. The molecule has 0 aliphatic heterocycles. The van der Waals surface area contributed by atoms with Crippen molar-refractivity contribution in [1.29, 1.82) is 0 Å². The van der Waals surface area contributed by atoms with E-state index in [1.165, 1.54) is 82.6 Å². The molecule has 0 aromatic heterocycles. The van der Waals surface area contributed by atoms with Gasteiger partial charge in [-0.25, -0.2) is 0 Å². The van der Waals surface area contributed by atoms with Crippen LogP contribution >= 0.6 is 0 Å². The minimum atomic E-state index is 0.498. The molecule has 1 aromatic carbocycles. The smallest absolute Gasteiger partial charge is 0.0575 e. The van der Waals surface area contributed by atoms with Crippen LogP contribution in [-0.4, -0.2) is 25.4 Å². The molecule has 152 valence electrons. The zero-order chi connectivity index (χ0) is 18.7. The van der Waals surface area contributed by atoms with Gasteiger partial charge >= 0.3 is 0 Å². The molecule has 0 N–H and O–H groups in total. The third kappa shape index (κ3) is 7.23. The number of hydrogen-bond acceptors (Lipinski definition) is 2. The molecule has 2 aliphatic carbocycles. The lowest BCUT2D eigenvalue weighted by Gasteiger charge is -2.32. The van der Waals surface area contributed by atoms with Crippen LogP contribution < -0.4 is 0 Å². The van der Waals surface area contributed by atoms with E-state index in [0.717, 1.165) is 25.0 Å². The van der Waals surface area contributed by atoms with Crippen molar-refractivity contribution in [2.45, 2.75) is 102 Å². The standard InChI is InChI=1S/C25H40O2/c1-2-3-4-8-19-26-24-15-11-21(12-16-24)20-27-25-17-13-23(14-18-25)22-9-6-5-7-10-22/h5-7,9-10,21,23-25H,2-4,8,11-20H2,1H3/t21-,23-,24-,25-. The maximum absolute atomic E-state index is 6.33. The number of unbranched alkanes of at least 4 members (excludes halogenated alkanes) is 3. The number of rotatable bonds is 10. The van der Waals surface area contributed by atoms with Gasteiger partial charge < -0.3 is 9.47 Å². The van der Waals surface area contributed by atoms with Crippen LogP contribution in [0.25, 0.3) is 0 Å². The van der Waals surface area contributed by atoms with E-state index in [2.05, 4.69) is 37.3 Å². The van der Waals surface area contributed by atoms with Crippen LogP contribution in [0.1, 0.15) is 95.5 Å². The Kier molecular flexibility index (Phi) is 9.17. The van der Waals surface area contributed by atoms with Gasteiger partial charge in [0.15, 0.2) is 0 Å². The maximum Gasteiger partial charge on any atom is 0.0575 e. The summed E-state index contributed by atoms with van der Waals surface area (Å²) < 4.78 is 12.4. The second kappa shape index (κ2) is 11.9. The summed E-state index contributed by atoms with van der Waals surface area (Å²) in [5, 5.41) is 0. The van der Waals surface area contributed by atoms with Gasteiger partial charge in [-0.1, -0.05) is 56.5 Å². The molecule has 2 fully saturated rings. The van der Waals surface area contributed by atoms with Crippen molar-refractivity contribution in [3.05, 3.63) is 35.9 Å². The molecule has 27 heavy (non-hydrogen) atoms. The minimum Gasteiger partial charge on any atom is -0.378 e. The Balaban J connectivity index is 1.24. The predicted molar refractivity (Wildman–Crippen MR) is 113 cm³/mol. The number of hydrogen-bond donors (Lipinski definition) is 0. The van der Waals surface area contributed by atoms with E-state index in [1.54, 1.807) is 0 Å². The van der Waals surface area contributed by atoms with Crippen molar-refractivity contribution >= 4 is 0 Å². The summed E-state index contributed by atoms with van der Waals surface area (Å²) in [5.74, 6) is 1.51. The Morgan fingerprint density at radius 3 is 2.11 bits per heavy atom.